The average molecular weight is 328 g/mol. The summed E-state index contributed by atoms with van der Waals surface area (Å²) in [5.74, 6) is -1.31. The van der Waals surface area contributed by atoms with Gasteiger partial charge >= 0.3 is 12.0 Å². The number of rotatable bonds is 4. The first kappa shape index (κ1) is 16.0. The molecule has 1 atom stereocenters. The number of urea groups is 1. The Kier molecular flexibility index (Phi) is 4.79. The van der Waals surface area contributed by atoms with Crippen LogP contribution in [0.15, 0.2) is 42.7 Å². The van der Waals surface area contributed by atoms with Crippen LogP contribution in [0.1, 0.15) is 18.4 Å². The molecule has 7 nitrogen and oxygen atoms in total. The lowest BCUT2D eigenvalue weighted by molar-refractivity contribution is -0.143. The number of nitrogens with zero attached hydrogens (tertiary/aromatic N) is 3. The van der Waals surface area contributed by atoms with Gasteiger partial charge in [-0.3, -0.25) is 4.79 Å². The number of likely N-dealkylation sites (tertiary alicyclic amines) is 1. The molecule has 1 fully saturated rings. The van der Waals surface area contributed by atoms with E-state index in [9.17, 15) is 9.59 Å². The first-order valence-electron chi connectivity index (χ1n) is 7.98. The highest BCUT2D eigenvalue weighted by Gasteiger charge is 2.28. The van der Waals surface area contributed by atoms with E-state index < -0.39 is 11.9 Å². The maximum absolute atomic E-state index is 12.3. The molecule has 126 valence electrons. The molecule has 0 spiro atoms. The lowest BCUT2D eigenvalue weighted by Gasteiger charge is -2.30. The van der Waals surface area contributed by atoms with Gasteiger partial charge in [0.05, 0.1) is 11.6 Å². The van der Waals surface area contributed by atoms with Gasteiger partial charge in [-0.15, -0.1) is 0 Å². The molecule has 1 aromatic heterocycles. The Balaban J connectivity index is 1.64. The molecule has 1 aliphatic heterocycles. The molecule has 2 N–H and O–H groups in total. The minimum atomic E-state index is -0.837. The summed E-state index contributed by atoms with van der Waals surface area (Å²) in [6, 6.07) is 9.33. The third kappa shape index (κ3) is 3.56. The van der Waals surface area contributed by atoms with Gasteiger partial charge in [-0.1, -0.05) is 18.2 Å². The van der Waals surface area contributed by atoms with Crippen molar-refractivity contribution in [3.05, 3.63) is 48.3 Å². The van der Waals surface area contributed by atoms with Crippen LogP contribution in [0.4, 0.5) is 4.79 Å². The van der Waals surface area contributed by atoms with Crippen molar-refractivity contribution >= 4 is 12.0 Å². The fraction of sp³-hybridized carbons (Fsp3) is 0.353. The van der Waals surface area contributed by atoms with Crippen LogP contribution in [0.2, 0.25) is 0 Å². The van der Waals surface area contributed by atoms with Crippen LogP contribution in [-0.2, 0) is 11.3 Å². The highest BCUT2D eigenvalue weighted by molar-refractivity contribution is 5.76. The monoisotopic (exact) mass is 328 g/mol. The molecular formula is C17H20N4O3. The number of benzene rings is 1. The smallest absolute Gasteiger partial charge is 0.317 e. The van der Waals surface area contributed by atoms with Crippen molar-refractivity contribution in [1.29, 1.82) is 0 Å². The quantitative estimate of drug-likeness (QED) is 0.897. The number of aliphatic carboxylic acids is 1. The van der Waals surface area contributed by atoms with Crippen LogP contribution in [0, 0.1) is 5.92 Å². The van der Waals surface area contributed by atoms with E-state index in [4.69, 9.17) is 5.11 Å². The number of hydrogen-bond donors (Lipinski definition) is 2. The van der Waals surface area contributed by atoms with E-state index >= 15 is 0 Å². The van der Waals surface area contributed by atoms with Crippen LogP contribution in [0.5, 0.6) is 0 Å². The van der Waals surface area contributed by atoms with Gasteiger partial charge in [0.2, 0.25) is 0 Å². The highest BCUT2D eigenvalue weighted by atomic mass is 16.4. The number of nitrogens with one attached hydrogen (secondary N) is 1. The van der Waals surface area contributed by atoms with Crippen molar-refractivity contribution in [1.82, 2.24) is 20.0 Å². The zero-order chi connectivity index (χ0) is 16.9. The Hall–Kier alpha value is -2.83. The summed E-state index contributed by atoms with van der Waals surface area (Å²) in [5.41, 5.74) is 1.85. The fourth-order valence-corrected chi connectivity index (χ4v) is 2.94. The minimum absolute atomic E-state index is 0.226. The van der Waals surface area contributed by atoms with Crippen molar-refractivity contribution < 1.29 is 14.7 Å². The van der Waals surface area contributed by atoms with Gasteiger partial charge < -0.3 is 15.3 Å². The molecule has 1 aliphatic rings. The number of piperidine rings is 1. The maximum Gasteiger partial charge on any atom is 0.317 e. The van der Waals surface area contributed by atoms with Crippen molar-refractivity contribution in [3.63, 3.8) is 0 Å². The maximum atomic E-state index is 12.3. The number of para-hydroxylation sites is 1. The van der Waals surface area contributed by atoms with E-state index in [2.05, 4.69) is 10.4 Å². The van der Waals surface area contributed by atoms with Gasteiger partial charge in [0.1, 0.15) is 0 Å². The standard InChI is InChI=1S/C17H20N4O3/c22-16(23)14-6-3-9-20(12-14)17(24)18-11-13-5-1-2-7-15(13)21-10-4-8-19-21/h1-2,4-5,7-8,10,14H,3,6,9,11-12H2,(H,18,24)(H,22,23). The van der Waals surface area contributed by atoms with Crippen molar-refractivity contribution in [2.24, 2.45) is 5.92 Å². The highest BCUT2D eigenvalue weighted by Crippen LogP contribution is 2.17. The van der Waals surface area contributed by atoms with Crippen molar-refractivity contribution in [2.45, 2.75) is 19.4 Å². The van der Waals surface area contributed by atoms with Crippen LogP contribution < -0.4 is 5.32 Å². The summed E-state index contributed by atoms with van der Waals surface area (Å²) in [5, 5.41) is 16.2. The van der Waals surface area contributed by atoms with Crippen LogP contribution in [-0.4, -0.2) is 44.9 Å². The number of carbonyl (C=O) groups is 2. The third-order valence-corrected chi connectivity index (χ3v) is 4.23. The summed E-state index contributed by atoms with van der Waals surface area (Å²) in [6.45, 7) is 1.22. The summed E-state index contributed by atoms with van der Waals surface area (Å²) in [6.07, 6.45) is 4.90. The molecule has 0 bridgehead atoms. The molecular weight excluding hydrogens is 308 g/mol. The van der Waals surface area contributed by atoms with Gasteiger partial charge in [0, 0.05) is 32.0 Å². The number of carbonyl (C=O) groups excluding carboxylic acids is 1. The Labute approximate surface area is 139 Å². The van der Waals surface area contributed by atoms with E-state index in [1.807, 2.05) is 36.5 Å². The molecule has 1 aromatic carbocycles. The Morgan fingerprint density at radius 3 is 2.88 bits per heavy atom. The van der Waals surface area contributed by atoms with Gasteiger partial charge in [-0.05, 0) is 30.5 Å². The summed E-state index contributed by atoms with van der Waals surface area (Å²) >= 11 is 0. The normalized spacial score (nSPS) is 17.5. The van der Waals surface area contributed by atoms with Crippen LogP contribution in [0.3, 0.4) is 0 Å². The molecule has 2 aromatic rings. The number of amides is 2. The van der Waals surface area contributed by atoms with Gasteiger partial charge in [0.15, 0.2) is 0 Å². The van der Waals surface area contributed by atoms with E-state index in [0.717, 1.165) is 11.3 Å². The molecule has 0 aliphatic carbocycles. The minimum Gasteiger partial charge on any atom is -0.481 e. The molecule has 2 amide bonds. The zero-order valence-electron chi connectivity index (χ0n) is 13.3. The predicted molar refractivity (Wildman–Crippen MR) is 87.7 cm³/mol. The third-order valence-electron chi connectivity index (χ3n) is 4.23. The molecule has 0 radical (unpaired) electrons. The summed E-state index contributed by atoms with van der Waals surface area (Å²) in [7, 11) is 0. The van der Waals surface area contributed by atoms with Gasteiger partial charge in [0.25, 0.3) is 0 Å². The molecule has 1 saturated heterocycles. The second kappa shape index (κ2) is 7.16. The Morgan fingerprint density at radius 1 is 1.29 bits per heavy atom. The number of carboxylic acids is 1. The second-order valence-corrected chi connectivity index (χ2v) is 5.86. The van der Waals surface area contributed by atoms with Gasteiger partial charge in [-0.2, -0.15) is 5.10 Å². The van der Waals surface area contributed by atoms with E-state index in [0.29, 0.717) is 25.9 Å². The second-order valence-electron chi connectivity index (χ2n) is 5.86. The van der Waals surface area contributed by atoms with Crippen molar-refractivity contribution in [3.8, 4) is 5.69 Å². The van der Waals surface area contributed by atoms with E-state index in [-0.39, 0.29) is 12.6 Å². The number of aromatic nitrogens is 2. The van der Waals surface area contributed by atoms with E-state index in [1.165, 1.54) is 0 Å². The molecule has 1 unspecified atom stereocenters. The molecule has 0 saturated carbocycles. The Bertz CT molecular complexity index is 714. The van der Waals surface area contributed by atoms with Crippen LogP contribution in [0.25, 0.3) is 5.69 Å². The fourth-order valence-electron chi connectivity index (χ4n) is 2.94. The van der Waals surface area contributed by atoms with Crippen molar-refractivity contribution in [2.75, 3.05) is 13.1 Å². The average Bonchev–Trinajstić information content (AvgIpc) is 3.14. The lowest BCUT2D eigenvalue weighted by Crippen LogP contribution is -2.46. The number of hydrogen-bond acceptors (Lipinski definition) is 3. The Morgan fingerprint density at radius 2 is 2.12 bits per heavy atom. The number of carboxylic acid groups (broad SMARTS) is 1. The zero-order valence-corrected chi connectivity index (χ0v) is 13.3. The molecule has 3 rings (SSSR count). The lowest BCUT2D eigenvalue weighted by atomic mass is 9.99. The first-order valence-corrected chi connectivity index (χ1v) is 7.98. The largest absolute Gasteiger partial charge is 0.481 e. The van der Waals surface area contributed by atoms with E-state index in [1.54, 1.807) is 15.8 Å². The summed E-state index contributed by atoms with van der Waals surface area (Å²) < 4.78 is 1.75. The topological polar surface area (TPSA) is 87.5 Å². The van der Waals surface area contributed by atoms with Gasteiger partial charge in [-0.25, -0.2) is 9.48 Å². The predicted octanol–water partition coefficient (Wildman–Crippen LogP) is 1.88. The molecule has 2 heterocycles. The molecule has 24 heavy (non-hydrogen) atoms. The summed E-state index contributed by atoms with van der Waals surface area (Å²) in [4.78, 5) is 25.0. The molecule has 7 heteroatoms. The SMILES string of the molecule is O=C(O)C1CCCN(C(=O)NCc2ccccc2-n2cccn2)C1. The van der Waals surface area contributed by atoms with Crippen LogP contribution >= 0.6 is 0 Å². The first-order chi connectivity index (χ1) is 11.6.